The number of H-pyrrole nitrogens is 1. The van der Waals surface area contributed by atoms with Gasteiger partial charge in [0.05, 0.1) is 29.8 Å². The monoisotopic (exact) mass is 485 g/mol. The molecule has 7 nitrogen and oxygen atoms in total. The smallest absolute Gasteiger partial charge is 0.302 e. The SMILES string of the molecule is COc1ccc(/C(O)=C2\C(=O)C(=O)N(c3nc4ccc(F)cc4[nH]3)C2c2ccccc2)cc1C(C)C. The maximum absolute atomic E-state index is 13.8. The van der Waals surface area contributed by atoms with Crippen molar-refractivity contribution in [2.24, 2.45) is 0 Å². The zero-order chi connectivity index (χ0) is 25.6. The lowest BCUT2D eigenvalue weighted by atomic mass is 9.93. The van der Waals surface area contributed by atoms with E-state index in [1.165, 1.54) is 23.1 Å². The van der Waals surface area contributed by atoms with Crippen LogP contribution in [0, 0.1) is 5.82 Å². The van der Waals surface area contributed by atoms with Crippen molar-refractivity contribution in [2.45, 2.75) is 25.8 Å². The van der Waals surface area contributed by atoms with Gasteiger partial charge in [0.1, 0.15) is 17.3 Å². The van der Waals surface area contributed by atoms with Gasteiger partial charge >= 0.3 is 5.91 Å². The number of aromatic amines is 1. The molecule has 36 heavy (non-hydrogen) atoms. The maximum Gasteiger partial charge on any atom is 0.302 e. The number of anilines is 1. The molecule has 182 valence electrons. The van der Waals surface area contributed by atoms with Crippen LogP contribution in [-0.2, 0) is 9.59 Å². The van der Waals surface area contributed by atoms with Gasteiger partial charge in [0.25, 0.3) is 5.78 Å². The molecular weight excluding hydrogens is 461 g/mol. The highest BCUT2D eigenvalue weighted by atomic mass is 19.1. The Bertz CT molecular complexity index is 1520. The van der Waals surface area contributed by atoms with Crippen LogP contribution in [-0.4, -0.2) is 33.9 Å². The van der Waals surface area contributed by atoms with Gasteiger partial charge in [0, 0.05) is 5.56 Å². The van der Waals surface area contributed by atoms with Crippen LogP contribution in [0.3, 0.4) is 0 Å². The average Bonchev–Trinajstić information content (AvgIpc) is 3.41. The minimum Gasteiger partial charge on any atom is -0.507 e. The summed E-state index contributed by atoms with van der Waals surface area (Å²) in [5, 5.41) is 11.4. The second-order valence-electron chi connectivity index (χ2n) is 8.91. The van der Waals surface area contributed by atoms with Gasteiger partial charge in [-0.15, -0.1) is 0 Å². The zero-order valence-electron chi connectivity index (χ0n) is 19.9. The van der Waals surface area contributed by atoms with E-state index in [-0.39, 0.29) is 23.2 Å². The Labute approximate surface area is 206 Å². The van der Waals surface area contributed by atoms with Gasteiger partial charge < -0.3 is 14.8 Å². The van der Waals surface area contributed by atoms with E-state index in [0.717, 1.165) is 5.56 Å². The molecular formula is C28H24FN3O4. The molecule has 1 amide bonds. The van der Waals surface area contributed by atoms with Gasteiger partial charge in [-0.3, -0.25) is 14.5 Å². The summed E-state index contributed by atoms with van der Waals surface area (Å²) in [7, 11) is 1.57. The van der Waals surface area contributed by atoms with Crippen molar-refractivity contribution in [3.8, 4) is 5.75 Å². The van der Waals surface area contributed by atoms with Gasteiger partial charge in [0.2, 0.25) is 5.95 Å². The summed E-state index contributed by atoms with van der Waals surface area (Å²) < 4.78 is 19.2. The van der Waals surface area contributed by atoms with Crippen LogP contribution in [0.5, 0.6) is 5.75 Å². The standard InChI is InChI=1S/C28H24FN3O4/c1-15(2)19-13-17(9-12-22(19)36-3)25(33)23-24(16-7-5-4-6-8-16)32(27(35)26(23)34)28-30-20-11-10-18(29)14-21(20)31-28/h4-15,24,33H,1-3H3,(H,30,31)/b25-23+. The topological polar surface area (TPSA) is 95.5 Å². The molecule has 1 aromatic heterocycles. The first-order valence-electron chi connectivity index (χ1n) is 11.5. The molecule has 0 saturated carbocycles. The summed E-state index contributed by atoms with van der Waals surface area (Å²) >= 11 is 0. The predicted octanol–water partition coefficient (Wildman–Crippen LogP) is 5.46. The Morgan fingerprint density at radius 2 is 1.83 bits per heavy atom. The lowest BCUT2D eigenvalue weighted by Crippen LogP contribution is -2.30. The molecule has 1 aliphatic heterocycles. The number of nitrogens with one attached hydrogen (secondary N) is 1. The molecule has 1 saturated heterocycles. The molecule has 4 aromatic rings. The summed E-state index contributed by atoms with van der Waals surface area (Å²) in [4.78, 5) is 35.3. The molecule has 0 aliphatic carbocycles. The van der Waals surface area contributed by atoms with E-state index < -0.39 is 23.5 Å². The quantitative estimate of drug-likeness (QED) is 0.222. The van der Waals surface area contributed by atoms with Crippen molar-refractivity contribution in [1.29, 1.82) is 0 Å². The van der Waals surface area contributed by atoms with Crippen LogP contribution in [0.25, 0.3) is 16.8 Å². The molecule has 1 atom stereocenters. The second-order valence-corrected chi connectivity index (χ2v) is 8.91. The van der Waals surface area contributed by atoms with E-state index in [2.05, 4.69) is 9.97 Å². The van der Waals surface area contributed by atoms with Crippen LogP contribution in [0.2, 0.25) is 0 Å². The Kier molecular flexibility index (Phi) is 5.80. The summed E-state index contributed by atoms with van der Waals surface area (Å²) in [5.74, 6) is -1.59. The van der Waals surface area contributed by atoms with Crippen LogP contribution in [0.4, 0.5) is 10.3 Å². The van der Waals surface area contributed by atoms with Crippen molar-refractivity contribution in [3.05, 3.63) is 94.8 Å². The number of hydrogen-bond acceptors (Lipinski definition) is 5. The van der Waals surface area contributed by atoms with Crippen molar-refractivity contribution in [2.75, 3.05) is 12.0 Å². The number of ketones is 1. The fourth-order valence-electron chi connectivity index (χ4n) is 4.57. The molecule has 2 heterocycles. The fraction of sp³-hybridized carbons (Fsp3) is 0.179. The van der Waals surface area contributed by atoms with Gasteiger partial charge in [-0.05, 0) is 53.4 Å². The maximum atomic E-state index is 13.8. The number of amides is 1. The van der Waals surface area contributed by atoms with E-state index in [0.29, 0.717) is 27.9 Å². The number of benzene rings is 3. The number of nitrogens with zero attached hydrogens (tertiary/aromatic N) is 2. The number of carbonyl (C=O) groups excluding carboxylic acids is 2. The second kappa shape index (κ2) is 8.96. The highest BCUT2D eigenvalue weighted by molar-refractivity contribution is 6.51. The Balaban J connectivity index is 1.71. The van der Waals surface area contributed by atoms with E-state index in [4.69, 9.17) is 4.74 Å². The number of halogens is 1. The van der Waals surface area contributed by atoms with Gasteiger partial charge in [0.15, 0.2) is 0 Å². The third-order valence-corrected chi connectivity index (χ3v) is 6.34. The number of imidazole rings is 1. The number of ether oxygens (including phenoxy) is 1. The molecule has 1 fully saturated rings. The molecule has 2 N–H and O–H groups in total. The summed E-state index contributed by atoms with van der Waals surface area (Å²) in [6.45, 7) is 3.99. The highest BCUT2D eigenvalue weighted by Crippen LogP contribution is 2.42. The predicted molar refractivity (Wildman–Crippen MR) is 134 cm³/mol. The van der Waals surface area contributed by atoms with E-state index >= 15 is 0 Å². The van der Waals surface area contributed by atoms with Gasteiger partial charge in [-0.25, -0.2) is 9.37 Å². The number of aliphatic hydroxyl groups excluding tert-OH is 1. The lowest BCUT2D eigenvalue weighted by Gasteiger charge is -2.23. The van der Waals surface area contributed by atoms with Crippen LogP contribution >= 0.6 is 0 Å². The third-order valence-electron chi connectivity index (χ3n) is 6.34. The number of methoxy groups -OCH3 is 1. The molecule has 8 heteroatoms. The molecule has 5 rings (SSSR count). The third kappa shape index (κ3) is 3.80. The van der Waals surface area contributed by atoms with Gasteiger partial charge in [-0.1, -0.05) is 44.2 Å². The Morgan fingerprint density at radius 3 is 2.53 bits per heavy atom. The number of aliphatic hydroxyl groups is 1. The molecule has 1 unspecified atom stereocenters. The molecule has 0 spiro atoms. The van der Waals surface area contributed by atoms with Crippen molar-refractivity contribution < 1.29 is 23.8 Å². The fourth-order valence-corrected chi connectivity index (χ4v) is 4.57. The number of fused-ring (bicyclic) bond motifs is 1. The summed E-state index contributed by atoms with van der Waals surface area (Å²) in [5.41, 5.74) is 2.63. The number of carbonyl (C=O) groups is 2. The minimum atomic E-state index is -0.943. The number of aromatic nitrogens is 2. The highest BCUT2D eigenvalue weighted by Gasteiger charge is 2.48. The van der Waals surface area contributed by atoms with E-state index in [1.807, 2.05) is 19.9 Å². The first-order chi connectivity index (χ1) is 17.3. The molecule has 0 bridgehead atoms. The zero-order valence-corrected chi connectivity index (χ0v) is 19.9. The molecule has 1 aliphatic rings. The number of Topliss-reactive ketones (excluding diaryl/α,β-unsaturated/α-hetero) is 1. The average molecular weight is 486 g/mol. The van der Waals surface area contributed by atoms with E-state index in [1.54, 1.807) is 49.6 Å². The van der Waals surface area contributed by atoms with Crippen LogP contribution in [0.15, 0.2) is 72.3 Å². The van der Waals surface area contributed by atoms with Crippen molar-refractivity contribution in [1.82, 2.24) is 9.97 Å². The summed E-state index contributed by atoms with van der Waals surface area (Å²) in [6.07, 6.45) is 0. The molecule has 0 radical (unpaired) electrons. The van der Waals surface area contributed by atoms with Crippen molar-refractivity contribution in [3.63, 3.8) is 0 Å². The number of hydrogen-bond donors (Lipinski definition) is 2. The lowest BCUT2D eigenvalue weighted by molar-refractivity contribution is -0.132. The first kappa shape index (κ1) is 23.3. The Hall–Kier alpha value is -4.46. The van der Waals surface area contributed by atoms with Gasteiger partial charge in [-0.2, -0.15) is 0 Å². The summed E-state index contributed by atoms with van der Waals surface area (Å²) in [6, 6.07) is 17.2. The minimum absolute atomic E-state index is 0.0577. The normalized spacial score (nSPS) is 17.4. The van der Waals surface area contributed by atoms with Crippen LogP contribution < -0.4 is 9.64 Å². The molecule has 3 aromatic carbocycles. The first-order valence-corrected chi connectivity index (χ1v) is 11.5. The van der Waals surface area contributed by atoms with E-state index in [9.17, 15) is 19.1 Å². The largest absolute Gasteiger partial charge is 0.507 e. The van der Waals surface area contributed by atoms with Crippen molar-refractivity contribution >= 4 is 34.4 Å². The number of rotatable bonds is 5. The Morgan fingerprint density at radius 1 is 1.08 bits per heavy atom. The van der Waals surface area contributed by atoms with Crippen LogP contribution in [0.1, 0.15) is 42.5 Å².